The molecule has 0 aliphatic heterocycles. The normalized spacial score (nSPS) is 15.3. The Kier molecular flexibility index (Phi) is 5.70. The van der Waals surface area contributed by atoms with Gasteiger partial charge in [-0.05, 0) is 80.4 Å². The molecule has 1 aliphatic rings. The molecule has 3 aromatic heterocycles. The van der Waals surface area contributed by atoms with Gasteiger partial charge in [0.2, 0.25) is 0 Å². The molecule has 8 aromatic rings. The maximum absolute atomic E-state index is 10.8. The van der Waals surface area contributed by atoms with E-state index < -0.39 is 5.41 Å². The van der Waals surface area contributed by atoms with Crippen LogP contribution < -0.4 is 0 Å². The van der Waals surface area contributed by atoms with Crippen LogP contribution in [-0.4, -0.2) is 20.1 Å². The number of phenols is 1. The molecule has 0 spiro atoms. The molecule has 0 saturated heterocycles. The fourth-order valence-electron chi connectivity index (χ4n) is 7.19. The number of aromatic hydroxyl groups is 1. The van der Waals surface area contributed by atoms with Gasteiger partial charge in [-0.15, -0.1) is 11.3 Å². The Morgan fingerprint density at radius 1 is 0.622 bits per heavy atom. The highest BCUT2D eigenvalue weighted by Gasteiger charge is 2.48. The number of fused-ring (bicyclic) bond motifs is 6. The van der Waals surface area contributed by atoms with Gasteiger partial charge in [0.15, 0.2) is 0 Å². The Bertz CT molecular complexity index is 2430. The van der Waals surface area contributed by atoms with Crippen molar-refractivity contribution < 1.29 is 5.11 Å². The fraction of sp³-hybridized carbons (Fsp3) is 0.0250. The average Bonchev–Trinajstić information content (AvgIpc) is 3.70. The first-order valence-corrected chi connectivity index (χ1v) is 15.8. The zero-order valence-electron chi connectivity index (χ0n) is 24.1. The number of phenolic OH excluding ortho intramolecular Hbond substituents is 1. The number of nitrogens with zero attached hydrogens (tertiary/aromatic N) is 3. The van der Waals surface area contributed by atoms with Crippen molar-refractivity contribution in [1.29, 1.82) is 0 Å². The number of thiophene rings is 1. The van der Waals surface area contributed by atoms with Gasteiger partial charge in [0, 0.05) is 16.5 Å². The van der Waals surface area contributed by atoms with E-state index in [4.69, 9.17) is 9.97 Å². The second-order valence-corrected chi connectivity index (χ2v) is 12.3. The molecule has 5 aromatic carbocycles. The zero-order chi connectivity index (χ0) is 30.0. The van der Waals surface area contributed by atoms with E-state index in [0.717, 1.165) is 38.4 Å². The van der Waals surface area contributed by atoms with Crippen LogP contribution in [0.5, 0.6) is 5.75 Å². The Hall–Kier alpha value is -5.65. The monoisotopic (exact) mass is 595 g/mol. The van der Waals surface area contributed by atoms with Crippen molar-refractivity contribution in [2.75, 3.05) is 0 Å². The molecule has 1 atom stereocenters. The number of pyridine rings is 1. The lowest BCUT2D eigenvalue weighted by Gasteiger charge is -2.33. The molecule has 5 heteroatoms. The fourth-order valence-corrected chi connectivity index (χ4v) is 7.92. The second kappa shape index (κ2) is 9.94. The third kappa shape index (κ3) is 3.74. The number of rotatable bonds is 4. The highest BCUT2D eigenvalue weighted by molar-refractivity contribution is 7.16. The Balaban J connectivity index is 1.40. The van der Waals surface area contributed by atoms with Gasteiger partial charge in [-0.1, -0.05) is 97.1 Å². The first-order valence-electron chi connectivity index (χ1n) is 14.9. The molecule has 1 unspecified atom stereocenters. The lowest BCUT2D eigenvalue weighted by atomic mass is 9.69. The molecule has 0 fully saturated rings. The molecular formula is C40H25N3OS. The maximum atomic E-state index is 10.8. The van der Waals surface area contributed by atoms with E-state index in [2.05, 4.69) is 113 Å². The van der Waals surface area contributed by atoms with Crippen LogP contribution in [-0.2, 0) is 5.41 Å². The maximum Gasteiger partial charge on any atom is 0.127 e. The van der Waals surface area contributed by atoms with Crippen molar-refractivity contribution in [3.8, 4) is 39.4 Å². The molecule has 0 amide bonds. The van der Waals surface area contributed by atoms with E-state index >= 15 is 0 Å². The van der Waals surface area contributed by atoms with Gasteiger partial charge in [-0.25, -0.2) is 9.97 Å². The molecule has 212 valence electrons. The van der Waals surface area contributed by atoms with Crippen LogP contribution in [0.3, 0.4) is 0 Å². The van der Waals surface area contributed by atoms with E-state index in [1.165, 1.54) is 33.0 Å². The van der Waals surface area contributed by atoms with Crippen molar-refractivity contribution >= 4 is 32.3 Å². The van der Waals surface area contributed by atoms with E-state index in [-0.39, 0.29) is 5.75 Å². The number of benzene rings is 5. The summed E-state index contributed by atoms with van der Waals surface area (Å²) in [5, 5.41) is 16.3. The molecule has 9 rings (SSSR count). The number of hydrogen-bond donors (Lipinski definition) is 1. The Labute approximate surface area is 264 Å². The van der Waals surface area contributed by atoms with Crippen LogP contribution in [0.15, 0.2) is 145 Å². The third-order valence-corrected chi connectivity index (χ3v) is 9.90. The predicted octanol–water partition coefficient (Wildman–Crippen LogP) is 9.64. The molecule has 45 heavy (non-hydrogen) atoms. The van der Waals surface area contributed by atoms with Gasteiger partial charge in [-0.3, -0.25) is 4.98 Å². The Morgan fingerprint density at radius 2 is 1.44 bits per heavy atom. The summed E-state index contributed by atoms with van der Waals surface area (Å²) in [6.07, 6.45) is 1.65. The summed E-state index contributed by atoms with van der Waals surface area (Å²) in [6, 6.07) is 46.2. The zero-order valence-corrected chi connectivity index (χ0v) is 24.9. The molecule has 0 saturated carbocycles. The highest BCUT2D eigenvalue weighted by Crippen LogP contribution is 2.57. The van der Waals surface area contributed by atoms with Crippen LogP contribution in [0, 0.1) is 0 Å². The topological polar surface area (TPSA) is 58.9 Å². The molecule has 0 bridgehead atoms. The predicted molar refractivity (Wildman–Crippen MR) is 183 cm³/mol. The first-order chi connectivity index (χ1) is 22.2. The van der Waals surface area contributed by atoms with Gasteiger partial charge < -0.3 is 5.11 Å². The van der Waals surface area contributed by atoms with Gasteiger partial charge in [0.1, 0.15) is 16.9 Å². The largest absolute Gasteiger partial charge is 0.507 e. The smallest absolute Gasteiger partial charge is 0.127 e. The summed E-state index contributed by atoms with van der Waals surface area (Å²) in [7, 11) is 0. The van der Waals surface area contributed by atoms with Gasteiger partial charge >= 0.3 is 0 Å². The van der Waals surface area contributed by atoms with Crippen LogP contribution >= 0.6 is 11.3 Å². The summed E-state index contributed by atoms with van der Waals surface area (Å²) < 4.78 is 0. The molecule has 4 nitrogen and oxygen atoms in total. The SMILES string of the molecule is Oc1ccccc1-c1cccc(C2(c3cccc(-c4ncnc5sccc45)c3)c3ccccc3-c3c2ccc2ccccc32)n1. The van der Waals surface area contributed by atoms with Crippen LogP contribution in [0.25, 0.3) is 54.6 Å². The van der Waals surface area contributed by atoms with E-state index in [9.17, 15) is 5.11 Å². The molecule has 1 aliphatic carbocycles. The molecule has 0 radical (unpaired) electrons. The van der Waals surface area contributed by atoms with Crippen LogP contribution in [0.1, 0.15) is 22.4 Å². The lowest BCUT2D eigenvalue weighted by molar-refractivity contribution is 0.477. The van der Waals surface area contributed by atoms with Crippen molar-refractivity contribution in [2.45, 2.75) is 5.41 Å². The van der Waals surface area contributed by atoms with Crippen molar-refractivity contribution in [1.82, 2.24) is 15.0 Å². The summed E-state index contributed by atoms with van der Waals surface area (Å²) in [4.78, 5) is 15.6. The summed E-state index contributed by atoms with van der Waals surface area (Å²) in [5.74, 6) is 0.208. The van der Waals surface area contributed by atoms with E-state index in [0.29, 0.717) is 5.56 Å². The quantitative estimate of drug-likeness (QED) is 0.220. The number of hydrogen-bond acceptors (Lipinski definition) is 5. The molecule has 1 N–H and O–H groups in total. The van der Waals surface area contributed by atoms with Crippen molar-refractivity contribution in [3.05, 3.63) is 168 Å². The minimum absolute atomic E-state index is 0.208. The van der Waals surface area contributed by atoms with Crippen LogP contribution in [0.4, 0.5) is 0 Å². The molecule has 3 heterocycles. The minimum Gasteiger partial charge on any atom is -0.507 e. The summed E-state index contributed by atoms with van der Waals surface area (Å²) in [5.41, 5.74) is 9.43. The average molecular weight is 596 g/mol. The lowest BCUT2D eigenvalue weighted by Crippen LogP contribution is -2.30. The van der Waals surface area contributed by atoms with E-state index in [1.807, 2.05) is 24.3 Å². The van der Waals surface area contributed by atoms with E-state index in [1.54, 1.807) is 23.7 Å². The van der Waals surface area contributed by atoms with Crippen LogP contribution in [0.2, 0.25) is 0 Å². The second-order valence-electron chi connectivity index (χ2n) is 11.4. The first kappa shape index (κ1) is 25.8. The standard InChI is InChI=1S/C40H25N3OS/c44-35-17-6-4-14-30(35)34-16-8-18-36(43-34)40(27-11-7-10-26(23-27)38-31-21-22-45-39(31)42-24-41-38)32-15-5-3-13-29(32)37-28-12-2-1-9-25(28)19-20-33(37)40/h1-24,44H. The van der Waals surface area contributed by atoms with Gasteiger partial charge in [0.05, 0.1) is 22.5 Å². The van der Waals surface area contributed by atoms with Gasteiger partial charge in [-0.2, -0.15) is 0 Å². The minimum atomic E-state index is -0.729. The number of aromatic nitrogens is 3. The highest BCUT2D eigenvalue weighted by atomic mass is 32.1. The summed E-state index contributed by atoms with van der Waals surface area (Å²) >= 11 is 1.62. The van der Waals surface area contributed by atoms with Crippen molar-refractivity contribution in [2.24, 2.45) is 0 Å². The summed E-state index contributed by atoms with van der Waals surface area (Å²) in [6.45, 7) is 0. The van der Waals surface area contributed by atoms with Gasteiger partial charge in [0.25, 0.3) is 0 Å². The Morgan fingerprint density at radius 3 is 2.38 bits per heavy atom. The van der Waals surface area contributed by atoms with Crippen molar-refractivity contribution in [3.63, 3.8) is 0 Å². The number of para-hydroxylation sites is 1. The third-order valence-electron chi connectivity index (χ3n) is 9.08. The molecular weight excluding hydrogens is 571 g/mol.